The van der Waals surface area contributed by atoms with Gasteiger partial charge in [0, 0.05) is 38.4 Å². The molecule has 1 aliphatic rings. The summed E-state index contributed by atoms with van der Waals surface area (Å²) in [4.78, 5) is 22.9. The molecule has 0 aromatic heterocycles. The van der Waals surface area contributed by atoms with Crippen molar-refractivity contribution in [1.82, 2.24) is 4.90 Å². The number of nitrogens with zero attached hydrogens (tertiary/aromatic N) is 2. The van der Waals surface area contributed by atoms with Gasteiger partial charge < -0.3 is 29.7 Å². The average molecular weight is 412 g/mol. The van der Waals surface area contributed by atoms with E-state index < -0.39 is 18.0 Å². The zero-order chi connectivity index (χ0) is 22.0. The normalized spacial score (nSPS) is 15.8. The highest BCUT2D eigenvalue weighted by Gasteiger charge is 2.21. The van der Waals surface area contributed by atoms with Crippen LogP contribution in [0.4, 0.5) is 5.69 Å². The molecule has 1 saturated heterocycles. The van der Waals surface area contributed by atoms with Crippen molar-refractivity contribution in [3.63, 3.8) is 0 Å². The van der Waals surface area contributed by atoms with Gasteiger partial charge in [0.2, 0.25) is 0 Å². The lowest BCUT2D eigenvalue weighted by molar-refractivity contribution is -0.159. The van der Waals surface area contributed by atoms with Crippen molar-refractivity contribution < 1.29 is 34.4 Å². The van der Waals surface area contributed by atoms with Gasteiger partial charge in [0.1, 0.15) is 5.75 Å². The molecule has 0 spiro atoms. The van der Waals surface area contributed by atoms with Crippen LogP contribution < -0.4 is 9.64 Å². The van der Waals surface area contributed by atoms with Crippen molar-refractivity contribution in [3.05, 3.63) is 24.3 Å². The maximum atomic E-state index is 10.1. The standard InChI is InChI=1S/C18H30N2O3.C2H2O4/c1-18(2,3)23-14-16(21)13-19-9-11-20(12-10-19)15-5-7-17(22-4)8-6-15;3-1(4)2(5)6/h5-8,16,21H,9-14H2,1-4H3;(H,3,4)(H,5,6). The Morgan fingerprint density at radius 1 is 1.03 bits per heavy atom. The summed E-state index contributed by atoms with van der Waals surface area (Å²) in [6.45, 7) is 10.9. The first-order chi connectivity index (χ1) is 13.5. The number of carbonyl (C=O) groups is 2. The van der Waals surface area contributed by atoms with Crippen molar-refractivity contribution >= 4 is 17.6 Å². The maximum absolute atomic E-state index is 10.1. The van der Waals surface area contributed by atoms with Gasteiger partial charge in [-0.25, -0.2) is 9.59 Å². The Hall–Kier alpha value is -2.36. The second kappa shape index (κ2) is 11.6. The molecule has 1 unspecified atom stereocenters. The van der Waals surface area contributed by atoms with E-state index in [0.29, 0.717) is 13.2 Å². The quantitative estimate of drug-likeness (QED) is 0.591. The fraction of sp³-hybridized carbons (Fsp3) is 0.600. The number of rotatable bonds is 6. The number of aliphatic carboxylic acids is 2. The third kappa shape index (κ3) is 10.1. The molecular weight excluding hydrogens is 380 g/mol. The SMILES string of the molecule is COc1ccc(N2CCN(CC(O)COC(C)(C)C)CC2)cc1.O=C(O)C(=O)O. The van der Waals surface area contributed by atoms with Gasteiger partial charge in [0.05, 0.1) is 25.4 Å². The van der Waals surface area contributed by atoms with E-state index in [4.69, 9.17) is 29.3 Å². The second-order valence-corrected chi connectivity index (χ2v) is 7.67. The van der Waals surface area contributed by atoms with E-state index in [1.165, 1.54) is 5.69 Å². The third-order valence-corrected chi connectivity index (χ3v) is 4.17. The summed E-state index contributed by atoms with van der Waals surface area (Å²) in [6, 6.07) is 8.19. The van der Waals surface area contributed by atoms with E-state index in [0.717, 1.165) is 31.9 Å². The molecule has 1 fully saturated rings. The lowest BCUT2D eigenvalue weighted by Gasteiger charge is -2.37. The van der Waals surface area contributed by atoms with Crippen molar-refractivity contribution in [2.45, 2.75) is 32.5 Å². The lowest BCUT2D eigenvalue weighted by atomic mass is 10.2. The van der Waals surface area contributed by atoms with Gasteiger partial charge in [-0.15, -0.1) is 0 Å². The van der Waals surface area contributed by atoms with E-state index in [1.807, 2.05) is 32.9 Å². The molecule has 1 aromatic carbocycles. The number of anilines is 1. The molecule has 1 aliphatic heterocycles. The summed E-state index contributed by atoms with van der Waals surface area (Å²) < 4.78 is 10.8. The first-order valence-corrected chi connectivity index (χ1v) is 9.41. The molecular formula is C20H32N2O7. The molecule has 1 heterocycles. The van der Waals surface area contributed by atoms with Gasteiger partial charge in [-0.2, -0.15) is 0 Å². The van der Waals surface area contributed by atoms with E-state index in [2.05, 4.69) is 21.9 Å². The Kier molecular flexibility index (Phi) is 9.87. The topological polar surface area (TPSA) is 120 Å². The van der Waals surface area contributed by atoms with E-state index >= 15 is 0 Å². The Bertz CT molecular complexity index is 623. The number of benzene rings is 1. The largest absolute Gasteiger partial charge is 0.497 e. The molecule has 9 heteroatoms. The van der Waals surface area contributed by atoms with Crippen LogP contribution in [0.2, 0.25) is 0 Å². The highest BCUT2D eigenvalue weighted by Crippen LogP contribution is 2.20. The molecule has 1 aromatic rings. The maximum Gasteiger partial charge on any atom is 0.414 e. The van der Waals surface area contributed by atoms with E-state index in [1.54, 1.807) is 7.11 Å². The molecule has 2 rings (SSSR count). The molecule has 0 bridgehead atoms. The molecule has 0 amide bonds. The smallest absolute Gasteiger partial charge is 0.414 e. The van der Waals surface area contributed by atoms with Gasteiger partial charge in [-0.05, 0) is 45.0 Å². The second-order valence-electron chi connectivity index (χ2n) is 7.67. The van der Waals surface area contributed by atoms with Crippen molar-refractivity contribution in [2.75, 3.05) is 51.3 Å². The number of hydrogen-bond acceptors (Lipinski definition) is 7. The van der Waals surface area contributed by atoms with Gasteiger partial charge in [0.25, 0.3) is 0 Å². The number of carboxylic acids is 2. The Labute approximate surface area is 171 Å². The number of aliphatic hydroxyl groups excluding tert-OH is 1. The number of piperazine rings is 1. The molecule has 3 N–H and O–H groups in total. The number of methoxy groups -OCH3 is 1. The predicted octanol–water partition coefficient (Wildman–Crippen LogP) is 1.15. The summed E-state index contributed by atoms with van der Waals surface area (Å²) in [7, 11) is 1.68. The van der Waals surface area contributed by atoms with Crippen molar-refractivity contribution in [3.8, 4) is 5.75 Å². The fourth-order valence-corrected chi connectivity index (χ4v) is 2.68. The van der Waals surface area contributed by atoms with Crippen LogP contribution in [0.25, 0.3) is 0 Å². The van der Waals surface area contributed by atoms with Crippen LogP contribution in [-0.2, 0) is 14.3 Å². The van der Waals surface area contributed by atoms with E-state index in [-0.39, 0.29) is 5.60 Å². The van der Waals surface area contributed by atoms with Crippen LogP contribution in [0, 0.1) is 0 Å². The average Bonchev–Trinajstić information content (AvgIpc) is 2.67. The summed E-state index contributed by atoms with van der Waals surface area (Å²) >= 11 is 0. The molecule has 0 saturated carbocycles. The molecule has 164 valence electrons. The molecule has 0 radical (unpaired) electrons. The predicted molar refractivity (Wildman–Crippen MR) is 109 cm³/mol. The Balaban J connectivity index is 0.000000612. The highest BCUT2D eigenvalue weighted by molar-refractivity contribution is 6.27. The van der Waals surface area contributed by atoms with Gasteiger partial charge in [-0.3, -0.25) is 4.90 Å². The monoisotopic (exact) mass is 412 g/mol. The summed E-state index contributed by atoms with van der Waals surface area (Å²) in [5, 5.41) is 24.9. The first-order valence-electron chi connectivity index (χ1n) is 9.41. The first kappa shape index (κ1) is 24.7. The minimum Gasteiger partial charge on any atom is -0.497 e. The number of ether oxygens (including phenoxy) is 2. The third-order valence-electron chi connectivity index (χ3n) is 4.17. The van der Waals surface area contributed by atoms with Crippen LogP contribution >= 0.6 is 0 Å². The van der Waals surface area contributed by atoms with E-state index in [9.17, 15) is 5.11 Å². The minimum atomic E-state index is -1.82. The van der Waals surface area contributed by atoms with Crippen LogP contribution in [0.1, 0.15) is 20.8 Å². The Morgan fingerprint density at radius 3 is 1.97 bits per heavy atom. The summed E-state index contributed by atoms with van der Waals surface area (Å²) in [5.41, 5.74) is 1.02. The highest BCUT2D eigenvalue weighted by atomic mass is 16.5. The minimum absolute atomic E-state index is 0.200. The van der Waals surface area contributed by atoms with Gasteiger partial charge >= 0.3 is 11.9 Å². The molecule has 1 atom stereocenters. The Morgan fingerprint density at radius 2 is 1.55 bits per heavy atom. The summed E-state index contributed by atoms with van der Waals surface area (Å²) in [6.07, 6.45) is -0.429. The van der Waals surface area contributed by atoms with Gasteiger partial charge in [-0.1, -0.05) is 0 Å². The lowest BCUT2D eigenvalue weighted by Crippen LogP contribution is -2.49. The van der Waals surface area contributed by atoms with Crippen LogP contribution in [0.5, 0.6) is 5.75 Å². The summed E-state index contributed by atoms with van der Waals surface area (Å²) in [5.74, 6) is -2.76. The number of aliphatic hydroxyl groups is 1. The molecule has 29 heavy (non-hydrogen) atoms. The number of hydrogen-bond donors (Lipinski definition) is 3. The number of β-amino-alcohol motifs (C(OH)–C–C–N with tert-alkyl or cyclic N) is 1. The van der Waals surface area contributed by atoms with Crippen molar-refractivity contribution in [1.29, 1.82) is 0 Å². The zero-order valence-corrected chi connectivity index (χ0v) is 17.5. The molecule has 9 nitrogen and oxygen atoms in total. The zero-order valence-electron chi connectivity index (χ0n) is 17.5. The van der Waals surface area contributed by atoms with Crippen molar-refractivity contribution in [2.24, 2.45) is 0 Å². The fourth-order valence-electron chi connectivity index (χ4n) is 2.68. The van der Waals surface area contributed by atoms with Crippen LogP contribution in [0.15, 0.2) is 24.3 Å². The van der Waals surface area contributed by atoms with Crippen LogP contribution in [0.3, 0.4) is 0 Å². The van der Waals surface area contributed by atoms with Gasteiger partial charge in [0.15, 0.2) is 0 Å². The van der Waals surface area contributed by atoms with Crippen LogP contribution in [-0.4, -0.2) is 90.3 Å². The molecule has 0 aliphatic carbocycles. The number of carboxylic acid groups (broad SMARTS) is 2.